The van der Waals surface area contributed by atoms with Gasteiger partial charge in [0.1, 0.15) is 5.75 Å². The van der Waals surface area contributed by atoms with Crippen LogP contribution in [0.5, 0.6) is 5.75 Å². The first-order chi connectivity index (χ1) is 8.22. The van der Waals surface area contributed by atoms with Crippen molar-refractivity contribution >= 4 is 0 Å². The standard InChI is InChI=1S/C15H23NO/c1-3-10-16-11-4-5-15(12(16)2)13-6-8-14(17)9-7-13/h6-9,12,15,17H,3-5,10-11H2,1-2H3/t12-,15-/m0/s1. The van der Waals surface area contributed by atoms with Crippen LogP contribution in [0.25, 0.3) is 0 Å². The molecule has 0 spiro atoms. The number of nitrogens with zero attached hydrogens (tertiary/aromatic N) is 1. The maximum Gasteiger partial charge on any atom is 0.115 e. The Morgan fingerprint density at radius 2 is 2.00 bits per heavy atom. The quantitative estimate of drug-likeness (QED) is 0.865. The summed E-state index contributed by atoms with van der Waals surface area (Å²) in [5.41, 5.74) is 1.37. The molecule has 0 aromatic heterocycles. The van der Waals surface area contributed by atoms with E-state index in [-0.39, 0.29) is 0 Å². The minimum absolute atomic E-state index is 0.364. The lowest BCUT2D eigenvalue weighted by Gasteiger charge is -2.39. The van der Waals surface area contributed by atoms with Gasteiger partial charge in [-0.2, -0.15) is 0 Å². The molecule has 17 heavy (non-hydrogen) atoms. The van der Waals surface area contributed by atoms with E-state index in [9.17, 15) is 5.11 Å². The van der Waals surface area contributed by atoms with Crippen molar-refractivity contribution in [2.45, 2.75) is 45.1 Å². The first-order valence-corrected chi connectivity index (χ1v) is 6.75. The molecule has 1 fully saturated rings. The summed E-state index contributed by atoms with van der Waals surface area (Å²) < 4.78 is 0. The van der Waals surface area contributed by atoms with E-state index in [0.29, 0.717) is 17.7 Å². The highest BCUT2D eigenvalue weighted by Crippen LogP contribution is 2.33. The SMILES string of the molecule is CCCN1CCC[C@H](c2ccc(O)cc2)[C@@H]1C. The van der Waals surface area contributed by atoms with Gasteiger partial charge in [-0.05, 0) is 62.9 Å². The summed E-state index contributed by atoms with van der Waals surface area (Å²) in [4.78, 5) is 2.60. The van der Waals surface area contributed by atoms with Gasteiger partial charge in [-0.1, -0.05) is 19.1 Å². The number of phenols is 1. The highest BCUT2D eigenvalue weighted by molar-refractivity contribution is 5.29. The maximum absolute atomic E-state index is 9.35. The summed E-state index contributed by atoms with van der Waals surface area (Å²) in [6.07, 6.45) is 3.79. The van der Waals surface area contributed by atoms with Crippen molar-refractivity contribution in [3.63, 3.8) is 0 Å². The Labute approximate surface area is 104 Å². The van der Waals surface area contributed by atoms with Crippen LogP contribution in [-0.2, 0) is 0 Å². The maximum atomic E-state index is 9.35. The third kappa shape index (κ3) is 2.81. The van der Waals surface area contributed by atoms with Crippen molar-refractivity contribution in [1.82, 2.24) is 4.90 Å². The molecule has 0 unspecified atom stereocenters. The molecule has 0 radical (unpaired) electrons. The largest absolute Gasteiger partial charge is 0.508 e. The third-order valence-electron chi connectivity index (χ3n) is 3.95. The highest BCUT2D eigenvalue weighted by atomic mass is 16.3. The van der Waals surface area contributed by atoms with Gasteiger partial charge >= 0.3 is 0 Å². The minimum atomic E-state index is 0.364. The molecular weight excluding hydrogens is 210 g/mol. The van der Waals surface area contributed by atoms with Gasteiger partial charge in [-0.15, -0.1) is 0 Å². The van der Waals surface area contributed by atoms with E-state index in [2.05, 4.69) is 30.9 Å². The van der Waals surface area contributed by atoms with Crippen LogP contribution in [0.3, 0.4) is 0 Å². The predicted molar refractivity (Wildman–Crippen MR) is 71.4 cm³/mol. The lowest BCUT2D eigenvalue weighted by Crippen LogP contribution is -2.42. The average molecular weight is 233 g/mol. The third-order valence-corrected chi connectivity index (χ3v) is 3.95. The molecule has 1 aliphatic heterocycles. The normalized spacial score (nSPS) is 26.0. The zero-order valence-electron chi connectivity index (χ0n) is 10.9. The van der Waals surface area contributed by atoms with Gasteiger partial charge in [0.2, 0.25) is 0 Å². The van der Waals surface area contributed by atoms with Crippen LogP contribution in [0.4, 0.5) is 0 Å². The number of benzene rings is 1. The zero-order valence-corrected chi connectivity index (χ0v) is 10.9. The van der Waals surface area contributed by atoms with Gasteiger partial charge in [0, 0.05) is 6.04 Å². The molecule has 1 aromatic carbocycles. The molecule has 2 atom stereocenters. The molecule has 1 N–H and O–H groups in total. The molecule has 0 bridgehead atoms. The molecule has 0 aliphatic carbocycles. The highest BCUT2D eigenvalue weighted by Gasteiger charge is 2.28. The lowest BCUT2D eigenvalue weighted by molar-refractivity contribution is 0.139. The molecule has 2 nitrogen and oxygen atoms in total. The van der Waals surface area contributed by atoms with Crippen LogP contribution in [0, 0.1) is 0 Å². The van der Waals surface area contributed by atoms with E-state index in [0.717, 1.165) is 0 Å². The fraction of sp³-hybridized carbons (Fsp3) is 0.600. The number of rotatable bonds is 3. The van der Waals surface area contributed by atoms with Crippen LogP contribution in [0.1, 0.15) is 44.6 Å². The van der Waals surface area contributed by atoms with Crippen molar-refractivity contribution in [3.8, 4) is 5.75 Å². The number of phenolic OH excluding ortho intramolecular Hbond substituents is 1. The molecule has 2 rings (SSSR count). The van der Waals surface area contributed by atoms with Crippen molar-refractivity contribution < 1.29 is 5.11 Å². The van der Waals surface area contributed by atoms with E-state index in [1.807, 2.05) is 0 Å². The number of likely N-dealkylation sites (tertiary alicyclic amines) is 1. The molecule has 1 heterocycles. The van der Waals surface area contributed by atoms with Crippen LogP contribution >= 0.6 is 0 Å². The average Bonchev–Trinajstić information content (AvgIpc) is 2.34. The van der Waals surface area contributed by atoms with Crippen LogP contribution in [0.15, 0.2) is 24.3 Å². The van der Waals surface area contributed by atoms with E-state index in [4.69, 9.17) is 0 Å². The molecule has 0 saturated carbocycles. The molecular formula is C15H23NO. The minimum Gasteiger partial charge on any atom is -0.508 e. The van der Waals surface area contributed by atoms with Gasteiger partial charge in [0.05, 0.1) is 0 Å². The van der Waals surface area contributed by atoms with Crippen molar-refractivity contribution in [1.29, 1.82) is 0 Å². The van der Waals surface area contributed by atoms with Crippen molar-refractivity contribution in [2.24, 2.45) is 0 Å². The topological polar surface area (TPSA) is 23.5 Å². The molecule has 1 saturated heterocycles. The van der Waals surface area contributed by atoms with Gasteiger partial charge in [0.25, 0.3) is 0 Å². The Balaban J connectivity index is 2.11. The smallest absolute Gasteiger partial charge is 0.115 e. The van der Waals surface area contributed by atoms with E-state index < -0.39 is 0 Å². The van der Waals surface area contributed by atoms with Gasteiger partial charge < -0.3 is 10.0 Å². The number of aromatic hydroxyl groups is 1. The number of piperidine rings is 1. The zero-order chi connectivity index (χ0) is 12.3. The Hall–Kier alpha value is -1.02. The Morgan fingerprint density at radius 1 is 1.29 bits per heavy atom. The molecule has 94 valence electrons. The van der Waals surface area contributed by atoms with Crippen molar-refractivity contribution in [3.05, 3.63) is 29.8 Å². The van der Waals surface area contributed by atoms with Gasteiger partial charge in [-0.3, -0.25) is 0 Å². The van der Waals surface area contributed by atoms with E-state index >= 15 is 0 Å². The number of hydrogen-bond donors (Lipinski definition) is 1. The fourth-order valence-electron chi connectivity index (χ4n) is 2.98. The number of hydrogen-bond acceptors (Lipinski definition) is 2. The first-order valence-electron chi connectivity index (χ1n) is 6.75. The molecule has 1 aliphatic rings. The predicted octanol–water partition coefficient (Wildman–Crippen LogP) is 3.37. The van der Waals surface area contributed by atoms with E-state index in [1.165, 1.54) is 37.9 Å². The molecule has 1 aromatic rings. The summed E-state index contributed by atoms with van der Waals surface area (Å²) >= 11 is 0. The Bertz CT molecular complexity index is 344. The second kappa shape index (κ2) is 5.54. The second-order valence-electron chi connectivity index (χ2n) is 5.12. The Kier molecular flexibility index (Phi) is 4.06. The summed E-state index contributed by atoms with van der Waals surface area (Å²) in [6.45, 7) is 7.03. The van der Waals surface area contributed by atoms with Crippen LogP contribution in [0.2, 0.25) is 0 Å². The summed E-state index contributed by atoms with van der Waals surface area (Å²) in [5, 5.41) is 9.35. The summed E-state index contributed by atoms with van der Waals surface area (Å²) in [5.74, 6) is 0.985. The van der Waals surface area contributed by atoms with Gasteiger partial charge in [0.15, 0.2) is 0 Å². The van der Waals surface area contributed by atoms with Crippen LogP contribution in [-0.4, -0.2) is 29.1 Å². The summed E-state index contributed by atoms with van der Waals surface area (Å²) in [7, 11) is 0. The van der Waals surface area contributed by atoms with Crippen LogP contribution < -0.4 is 0 Å². The first kappa shape index (κ1) is 12.4. The summed E-state index contributed by atoms with van der Waals surface area (Å²) in [6, 6.07) is 8.38. The lowest BCUT2D eigenvalue weighted by atomic mass is 9.84. The fourth-order valence-corrected chi connectivity index (χ4v) is 2.98. The van der Waals surface area contributed by atoms with Crippen molar-refractivity contribution in [2.75, 3.05) is 13.1 Å². The second-order valence-corrected chi connectivity index (χ2v) is 5.12. The Morgan fingerprint density at radius 3 is 2.65 bits per heavy atom. The van der Waals surface area contributed by atoms with Gasteiger partial charge in [-0.25, -0.2) is 0 Å². The monoisotopic (exact) mass is 233 g/mol. The molecule has 0 amide bonds. The van der Waals surface area contributed by atoms with E-state index in [1.54, 1.807) is 12.1 Å². The molecule has 2 heteroatoms.